The number of rotatable bonds is 7. The number of anilines is 2. The van der Waals surface area contributed by atoms with Crippen molar-refractivity contribution in [3.63, 3.8) is 0 Å². The summed E-state index contributed by atoms with van der Waals surface area (Å²) in [5, 5.41) is 10.3. The zero-order valence-electron chi connectivity index (χ0n) is 30.5. The van der Waals surface area contributed by atoms with Gasteiger partial charge >= 0.3 is 0 Å². The highest BCUT2D eigenvalue weighted by atomic mass is 79.9. The predicted molar refractivity (Wildman–Crippen MR) is 206 cm³/mol. The SMILES string of the molecule is CCn1ncc(NC2CC(c3ccc(C(=O)N4CCC5(CC4)CCN(c4ccc(C6CCC(=O)NC6=O)c(C)c4)CC5)cc3)CN(C)C2)c(Br)c1=O. The van der Waals surface area contributed by atoms with Gasteiger partial charge in [-0.1, -0.05) is 18.2 Å². The highest BCUT2D eigenvalue weighted by molar-refractivity contribution is 9.10. The maximum Gasteiger partial charge on any atom is 0.283 e. The lowest BCUT2D eigenvalue weighted by Crippen LogP contribution is -2.48. The molecule has 276 valence electrons. The summed E-state index contributed by atoms with van der Waals surface area (Å²) in [6, 6.07) is 14.8. The van der Waals surface area contributed by atoms with E-state index in [2.05, 4.69) is 85.8 Å². The molecular formula is C40H50BrN7O4. The molecule has 52 heavy (non-hydrogen) atoms. The molecule has 1 aromatic heterocycles. The van der Waals surface area contributed by atoms with Gasteiger partial charge in [0.2, 0.25) is 11.8 Å². The molecule has 12 heteroatoms. The zero-order chi connectivity index (χ0) is 36.6. The van der Waals surface area contributed by atoms with E-state index in [0.29, 0.717) is 29.8 Å². The highest BCUT2D eigenvalue weighted by Gasteiger charge is 2.39. The molecule has 3 atom stereocenters. The second-order valence-electron chi connectivity index (χ2n) is 15.4. The first-order valence-electron chi connectivity index (χ1n) is 18.8. The predicted octanol–water partition coefficient (Wildman–Crippen LogP) is 5.28. The first-order chi connectivity index (χ1) is 25.0. The van der Waals surface area contributed by atoms with E-state index in [9.17, 15) is 19.2 Å². The molecule has 4 saturated heterocycles. The molecular weight excluding hydrogens is 722 g/mol. The second-order valence-corrected chi connectivity index (χ2v) is 16.2. The van der Waals surface area contributed by atoms with Gasteiger partial charge in [0.1, 0.15) is 4.47 Å². The first-order valence-corrected chi connectivity index (χ1v) is 19.6. The molecule has 2 aromatic carbocycles. The van der Waals surface area contributed by atoms with Gasteiger partial charge in [0.05, 0.1) is 17.8 Å². The summed E-state index contributed by atoms with van der Waals surface area (Å²) < 4.78 is 1.95. The van der Waals surface area contributed by atoms with Crippen LogP contribution in [0.25, 0.3) is 0 Å². The van der Waals surface area contributed by atoms with Gasteiger partial charge in [0.15, 0.2) is 0 Å². The second kappa shape index (κ2) is 15.1. The van der Waals surface area contributed by atoms with Gasteiger partial charge in [-0.3, -0.25) is 24.5 Å². The number of likely N-dealkylation sites (tertiary alicyclic amines) is 2. The van der Waals surface area contributed by atoms with Crippen LogP contribution < -0.4 is 21.1 Å². The Bertz CT molecular complexity index is 1880. The first kappa shape index (κ1) is 36.3. The number of hydrogen-bond acceptors (Lipinski definition) is 8. The lowest BCUT2D eigenvalue weighted by Gasteiger charge is -2.47. The molecule has 2 N–H and O–H groups in total. The van der Waals surface area contributed by atoms with Crippen molar-refractivity contribution in [3.05, 3.63) is 85.7 Å². The number of nitrogens with zero attached hydrogens (tertiary/aromatic N) is 5. The summed E-state index contributed by atoms with van der Waals surface area (Å²) in [5.74, 6) is -0.217. The van der Waals surface area contributed by atoms with Crippen molar-refractivity contribution in [3.8, 4) is 0 Å². The fourth-order valence-corrected chi connectivity index (χ4v) is 9.34. The van der Waals surface area contributed by atoms with Crippen molar-refractivity contribution in [2.24, 2.45) is 5.41 Å². The zero-order valence-corrected chi connectivity index (χ0v) is 32.1. The van der Waals surface area contributed by atoms with Crippen LogP contribution in [-0.4, -0.2) is 89.7 Å². The lowest BCUT2D eigenvalue weighted by molar-refractivity contribution is -0.134. The topological polar surface area (TPSA) is 120 Å². The third kappa shape index (κ3) is 7.55. The number of carbonyl (C=O) groups excluding carboxylic acids is 3. The molecule has 4 fully saturated rings. The average Bonchev–Trinajstić information content (AvgIpc) is 3.14. The fourth-order valence-electron chi connectivity index (χ4n) is 8.92. The largest absolute Gasteiger partial charge is 0.379 e. The Morgan fingerprint density at radius 2 is 1.71 bits per heavy atom. The van der Waals surface area contributed by atoms with Crippen LogP contribution in [-0.2, 0) is 16.1 Å². The third-order valence-corrected chi connectivity index (χ3v) is 12.8. The smallest absolute Gasteiger partial charge is 0.283 e. The van der Waals surface area contributed by atoms with Crippen LogP contribution in [0.5, 0.6) is 0 Å². The van der Waals surface area contributed by atoms with Crippen molar-refractivity contribution >= 4 is 45.0 Å². The van der Waals surface area contributed by atoms with Crippen molar-refractivity contribution in [1.82, 2.24) is 24.9 Å². The van der Waals surface area contributed by atoms with Crippen LogP contribution in [0.4, 0.5) is 11.4 Å². The number of hydrogen-bond donors (Lipinski definition) is 2. The van der Waals surface area contributed by atoms with Gasteiger partial charge in [-0.25, -0.2) is 4.68 Å². The highest BCUT2D eigenvalue weighted by Crippen LogP contribution is 2.43. The van der Waals surface area contributed by atoms with Crippen molar-refractivity contribution in [1.29, 1.82) is 0 Å². The van der Waals surface area contributed by atoms with Crippen LogP contribution in [0.2, 0.25) is 0 Å². The third-order valence-electron chi connectivity index (χ3n) is 12.1. The molecule has 0 saturated carbocycles. The van der Waals surface area contributed by atoms with Gasteiger partial charge in [-0.2, -0.15) is 5.10 Å². The summed E-state index contributed by atoms with van der Waals surface area (Å²) in [5.41, 5.74) is 6.12. The number of aryl methyl sites for hydroxylation is 2. The summed E-state index contributed by atoms with van der Waals surface area (Å²) >= 11 is 3.47. The van der Waals surface area contributed by atoms with Crippen LogP contribution >= 0.6 is 15.9 Å². The number of nitrogens with one attached hydrogen (secondary N) is 2. The van der Waals surface area contributed by atoms with E-state index >= 15 is 0 Å². The molecule has 7 rings (SSSR count). The maximum atomic E-state index is 13.6. The van der Waals surface area contributed by atoms with E-state index in [1.165, 1.54) is 15.9 Å². The van der Waals surface area contributed by atoms with Crippen molar-refractivity contribution in [2.45, 2.75) is 83.2 Å². The van der Waals surface area contributed by atoms with E-state index in [1.807, 2.05) is 24.0 Å². The molecule has 4 aliphatic rings. The van der Waals surface area contributed by atoms with Crippen LogP contribution in [0.1, 0.15) is 90.8 Å². The Hall–Kier alpha value is -4.03. The van der Waals surface area contributed by atoms with Gasteiger partial charge in [0, 0.05) is 69.5 Å². The molecule has 3 aromatic rings. The monoisotopic (exact) mass is 771 g/mol. The summed E-state index contributed by atoms with van der Waals surface area (Å²) in [6.07, 6.45) is 7.86. The molecule has 3 amide bonds. The fraction of sp³-hybridized carbons (Fsp3) is 0.525. The molecule has 3 unspecified atom stereocenters. The number of aromatic nitrogens is 2. The van der Waals surface area contributed by atoms with Crippen molar-refractivity contribution < 1.29 is 14.4 Å². The number of piperidine rings is 4. The molecule has 0 aliphatic carbocycles. The number of benzene rings is 2. The van der Waals surface area contributed by atoms with E-state index in [1.54, 1.807) is 6.20 Å². The quantitative estimate of drug-likeness (QED) is 0.312. The van der Waals surface area contributed by atoms with E-state index in [4.69, 9.17) is 0 Å². The van der Waals surface area contributed by atoms with Gasteiger partial charge < -0.3 is 20.0 Å². The molecule has 11 nitrogen and oxygen atoms in total. The van der Waals surface area contributed by atoms with Gasteiger partial charge in [-0.05, 0) is 128 Å². The molecule has 1 spiro atoms. The van der Waals surface area contributed by atoms with Crippen LogP contribution in [0.3, 0.4) is 0 Å². The Morgan fingerprint density at radius 1 is 1.00 bits per heavy atom. The standard InChI is InChI=1S/C40H50BrN7O4/c1-4-48-39(52)36(41)34(23-42-48)43-30-22-29(24-45(3)25-30)27-5-7-28(8-6-27)38(51)47-19-15-40(16-20-47)13-17-46(18-14-40)31-9-10-32(26(2)21-31)33-11-12-35(49)44-37(33)50/h5-10,21,23,29-30,33,43H,4,11-20,22,24-25H2,1-3H3,(H,44,49,50). The van der Waals surface area contributed by atoms with Gasteiger partial charge in [0.25, 0.3) is 11.5 Å². The Balaban J connectivity index is 0.910. The molecule has 0 radical (unpaired) electrons. The number of halogens is 1. The lowest BCUT2D eigenvalue weighted by atomic mass is 9.71. The minimum atomic E-state index is -0.262. The molecule has 4 aliphatic heterocycles. The number of imide groups is 1. The normalized spacial score (nSPS) is 23.8. The molecule has 5 heterocycles. The minimum Gasteiger partial charge on any atom is -0.379 e. The van der Waals surface area contributed by atoms with Crippen LogP contribution in [0.15, 0.2) is 57.9 Å². The Kier molecular flexibility index (Phi) is 10.6. The minimum absolute atomic E-state index is 0.116. The van der Waals surface area contributed by atoms with E-state index < -0.39 is 0 Å². The Morgan fingerprint density at radius 3 is 2.38 bits per heavy atom. The van der Waals surface area contributed by atoms with E-state index in [0.717, 1.165) is 93.8 Å². The maximum absolute atomic E-state index is 13.6. The van der Waals surface area contributed by atoms with E-state index in [-0.39, 0.29) is 40.7 Å². The Labute approximate surface area is 314 Å². The van der Waals surface area contributed by atoms with Crippen LogP contribution in [0, 0.1) is 12.3 Å². The number of likely N-dealkylation sites (N-methyl/N-ethyl adjacent to an activating group) is 1. The van der Waals surface area contributed by atoms with Crippen molar-refractivity contribution in [2.75, 3.05) is 56.5 Å². The number of carbonyl (C=O) groups is 3. The number of amides is 3. The summed E-state index contributed by atoms with van der Waals surface area (Å²) in [4.78, 5) is 57.1. The molecule has 0 bridgehead atoms. The summed E-state index contributed by atoms with van der Waals surface area (Å²) in [6.45, 7) is 9.82. The van der Waals surface area contributed by atoms with Gasteiger partial charge in [-0.15, -0.1) is 0 Å². The average molecular weight is 773 g/mol. The summed E-state index contributed by atoms with van der Waals surface area (Å²) in [7, 11) is 2.12.